The Bertz CT molecular complexity index is 291. The first-order valence-electron chi connectivity index (χ1n) is 9.63. The first-order chi connectivity index (χ1) is 10.2. The maximum Gasteiger partial charge on any atom is 0.0243 e. The van der Waals surface area contributed by atoms with Gasteiger partial charge in [-0.15, -0.1) is 0 Å². The highest BCUT2D eigenvalue weighted by molar-refractivity contribution is 4.92. The van der Waals surface area contributed by atoms with E-state index in [-0.39, 0.29) is 0 Å². The summed E-state index contributed by atoms with van der Waals surface area (Å²) in [5, 5.41) is 3.82. The van der Waals surface area contributed by atoms with Gasteiger partial charge in [0.15, 0.2) is 0 Å². The molecule has 0 saturated heterocycles. The summed E-state index contributed by atoms with van der Waals surface area (Å²) in [7, 11) is 2.39. The monoisotopic (exact) mass is 294 g/mol. The lowest BCUT2D eigenvalue weighted by molar-refractivity contribution is 0.136. The van der Waals surface area contributed by atoms with Crippen molar-refractivity contribution in [3.63, 3.8) is 0 Å². The Morgan fingerprint density at radius 2 is 1.90 bits per heavy atom. The quantitative estimate of drug-likeness (QED) is 0.646. The molecule has 0 aliphatic heterocycles. The fourth-order valence-electron chi connectivity index (χ4n) is 5.08. The molecule has 0 aromatic heterocycles. The summed E-state index contributed by atoms with van der Waals surface area (Å²) >= 11 is 0. The Labute approximate surface area is 133 Å². The van der Waals surface area contributed by atoms with E-state index in [1.807, 2.05) is 0 Å². The topological polar surface area (TPSA) is 15.3 Å². The number of hydrogen-bond acceptors (Lipinski definition) is 2. The van der Waals surface area contributed by atoms with Crippen molar-refractivity contribution in [2.45, 2.75) is 84.2 Å². The Morgan fingerprint density at radius 1 is 1.10 bits per heavy atom. The minimum absolute atomic E-state index is 0.684. The van der Waals surface area contributed by atoms with Crippen molar-refractivity contribution in [3.05, 3.63) is 0 Å². The van der Waals surface area contributed by atoms with Gasteiger partial charge in [-0.1, -0.05) is 33.6 Å². The standard InChI is InChI=1S/C19H38N2/c1-5-8-18(20-11-6-2)19(7-3)21(4)14-17-13-15-9-10-16(17)12-15/h15-20H,5-14H2,1-4H3. The van der Waals surface area contributed by atoms with Gasteiger partial charge >= 0.3 is 0 Å². The summed E-state index contributed by atoms with van der Waals surface area (Å²) in [6.45, 7) is 9.48. The highest BCUT2D eigenvalue weighted by atomic mass is 15.2. The molecule has 2 nitrogen and oxygen atoms in total. The Kier molecular flexibility index (Phi) is 7.01. The van der Waals surface area contributed by atoms with Crippen LogP contribution in [0.15, 0.2) is 0 Å². The third kappa shape index (κ3) is 4.45. The van der Waals surface area contributed by atoms with Crippen LogP contribution in [0.1, 0.15) is 72.1 Å². The Balaban J connectivity index is 1.87. The minimum atomic E-state index is 0.684. The van der Waals surface area contributed by atoms with Gasteiger partial charge in [-0.2, -0.15) is 0 Å². The van der Waals surface area contributed by atoms with E-state index in [1.165, 1.54) is 58.0 Å². The van der Waals surface area contributed by atoms with Crippen LogP contribution in [0.25, 0.3) is 0 Å². The number of fused-ring (bicyclic) bond motifs is 2. The van der Waals surface area contributed by atoms with Crippen LogP contribution in [0.5, 0.6) is 0 Å². The second kappa shape index (κ2) is 8.53. The smallest absolute Gasteiger partial charge is 0.0243 e. The van der Waals surface area contributed by atoms with Gasteiger partial charge in [0.05, 0.1) is 0 Å². The van der Waals surface area contributed by atoms with E-state index in [4.69, 9.17) is 0 Å². The van der Waals surface area contributed by atoms with Gasteiger partial charge < -0.3 is 10.2 Å². The summed E-state index contributed by atoms with van der Waals surface area (Å²) in [5.74, 6) is 3.14. The van der Waals surface area contributed by atoms with Gasteiger partial charge in [-0.25, -0.2) is 0 Å². The van der Waals surface area contributed by atoms with Crippen molar-refractivity contribution in [2.24, 2.45) is 17.8 Å². The van der Waals surface area contributed by atoms with Crippen LogP contribution in [0.3, 0.4) is 0 Å². The zero-order valence-electron chi connectivity index (χ0n) is 14.9. The van der Waals surface area contributed by atoms with Crippen LogP contribution in [0, 0.1) is 17.8 Å². The van der Waals surface area contributed by atoms with Crippen molar-refractivity contribution in [2.75, 3.05) is 20.1 Å². The average Bonchev–Trinajstić information content (AvgIpc) is 3.08. The fourth-order valence-corrected chi connectivity index (χ4v) is 5.08. The molecule has 5 atom stereocenters. The van der Waals surface area contributed by atoms with E-state index in [0.717, 1.165) is 23.8 Å². The number of nitrogens with zero attached hydrogens (tertiary/aromatic N) is 1. The zero-order chi connectivity index (χ0) is 15.2. The fraction of sp³-hybridized carbons (Fsp3) is 1.00. The Morgan fingerprint density at radius 3 is 2.43 bits per heavy atom. The molecule has 2 aliphatic rings. The molecule has 1 N–H and O–H groups in total. The highest BCUT2D eigenvalue weighted by Crippen LogP contribution is 2.48. The minimum Gasteiger partial charge on any atom is -0.312 e. The molecule has 21 heavy (non-hydrogen) atoms. The van der Waals surface area contributed by atoms with Gasteiger partial charge in [0.1, 0.15) is 0 Å². The number of likely N-dealkylation sites (N-methyl/N-ethyl adjacent to an activating group) is 1. The van der Waals surface area contributed by atoms with Gasteiger partial charge in [-0.05, 0) is 69.9 Å². The zero-order valence-corrected chi connectivity index (χ0v) is 14.9. The van der Waals surface area contributed by atoms with E-state index in [2.05, 4.69) is 38.0 Å². The lowest BCUT2D eigenvalue weighted by Crippen LogP contribution is -2.50. The van der Waals surface area contributed by atoms with E-state index >= 15 is 0 Å². The SMILES string of the molecule is CCCNC(CCC)C(CC)N(C)CC1CC2CCC1C2. The molecule has 0 spiro atoms. The van der Waals surface area contributed by atoms with E-state index in [9.17, 15) is 0 Å². The normalized spacial score (nSPS) is 31.0. The Hall–Kier alpha value is -0.0800. The molecule has 0 heterocycles. The molecular formula is C19H38N2. The van der Waals surface area contributed by atoms with E-state index in [1.54, 1.807) is 6.42 Å². The molecule has 2 bridgehead atoms. The van der Waals surface area contributed by atoms with E-state index in [0.29, 0.717) is 6.04 Å². The maximum atomic E-state index is 3.82. The van der Waals surface area contributed by atoms with Crippen molar-refractivity contribution in [1.29, 1.82) is 0 Å². The summed E-state index contributed by atoms with van der Waals surface area (Å²) in [4.78, 5) is 2.70. The van der Waals surface area contributed by atoms with Crippen molar-refractivity contribution >= 4 is 0 Å². The van der Waals surface area contributed by atoms with Gasteiger partial charge in [0.2, 0.25) is 0 Å². The molecule has 0 aromatic carbocycles. The summed E-state index contributed by atoms with van der Waals surface area (Å²) in [5.41, 5.74) is 0. The van der Waals surface area contributed by atoms with E-state index < -0.39 is 0 Å². The van der Waals surface area contributed by atoms with Crippen molar-refractivity contribution in [1.82, 2.24) is 10.2 Å². The molecule has 2 rings (SSSR count). The van der Waals surface area contributed by atoms with Crippen molar-refractivity contribution < 1.29 is 0 Å². The largest absolute Gasteiger partial charge is 0.312 e. The second-order valence-corrected chi connectivity index (χ2v) is 7.70. The maximum absolute atomic E-state index is 3.82. The first-order valence-corrected chi connectivity index (χ1v) is 9.63. The lowest BCUT2D eigenvalue weighted by Gasteiger charge is -2.37. The third-order valence-electron chi connectivity index (χ3n) is 6.11. The van der Waals surface area contributed by atoms with Gasteiger partial charge in [-0.3, -0.25) is 0 Å². The molecule has 0 aromatic rings. The average molecular weight is 295 g/mol. The van der Waals surface area contributed by atoms with Crippen LogP contribution < -0.4 is 5.32 Å². The highest BCUT2D eigenvalue weighted by Gasteiger charge is 2.40. The molecule has 2 fully saturated rings. The third-order valence-corrected chi connectivity index (χ3v) is 6.11. The lowest BCUT2D eigenvalue weighted by atomic mass is 9.87. The second-order valence-electron chi connectivity index (χ2n) is 7.70. The van der Waals surface area contributed by atoms with Crippen LogP contribution in [-0.4, -0.2) is 37.1 Å². The van der Waals surface area contributed by atoms with Crippen LogP contribution in [-0.2, 0) is 0 Å². The summed E-state index contributed by atoms with van der Waals surface area (Å²) in [6.07, 6.45) is 11.2. The van der Waals surface area contributed by atoms with Crippen LogP contribution in [0.4, 0.5) is 0 Å². The molecule has 2 heteroatoms. The number of rotatable bonds is 10. The predicted molar refractivity (Wildman–Crippen MR) is 92.6 cm³/mol. The van der Waals surface area contributed by atoms with Crippen LogP contribution in [0.2, 0.25) is 0 Å². The molecule has 0 radical (unpaired) electrons. The molecular weight excluding hydrogens is 256 g/mol. The van der Waals surface area contributed by atoms with Gasteiger partial charge in [0.25, 0.3) is 0 Å². The molecule has 5 unspecified atom stereocenters. The molecule has 2 saturated carbocycles. The summed E-state index contributed by atoms with van der Waals surface area (Å²) < 4.78 is 0. The molecule has 0 amide bonds. The number of nitrogens with one attached hydrogen (secondary N) is 1. The first kappa shape index (κ1) is 17.3. The predicted octanol–water partition coefficient (Wildman–Crippen LogP) is 4.30. The van der Waals surface area contributed by atoms with Crippen molar-refractivity contribution in [3.8, 4) is 0 Å². The number of hydrogen-bond donors (Lipinski definition) is 1. The van der Waals surface area contributed by atoms with Crippen LogP contribution >= 0.6 is 0 Å². The van der Waals surface area contributed by atoms with Gasteiger partial charge in [0, 0.05) is 18.6 Å². The molecule has 2 aliphatic carbocycles. The molecule has 124 valence electrons. The summed E-state index contributed by atoms with van der Waals surface area (Å²) in [6, 6.07) is 1.40.